The Morgan fingerprint density at radius 1 is 1.28 bits per heavy atom. The molecule has 0 spiro atoms. The van der Waals surface area contributed by atoms with E-state index in [2.05, 4.69) is 35.0 Å². The number of fused-ring (bicyclic) bond motifs is 1. The smallest absolute Gasteiger partial charge is 0.114 e. The van der Waals surface area contributed by atoms with Crippen molar-refractivity contribution >= 4 is 11.0 Å². The monoisotopic (exact) mass is 241 g/mol. The highest BCUT2D eigenvalue weighted by atomic mass is 15.1. The van der Waals surface area contributed by atoms with Gasteiger partial charge in [-0.15, -0.1) is 0 Å². The topological polar surface area (TPSA) is 29.9 Å². The van der Waals surface area contributed by atoms with Crippen LogP contribution in [0.5, 0.6) is 0 Å². The van der Waals surface area contributed by atoms with Crippen molar-refractivity contribution in [1.29, 1.82) is 0 Å². The molecule has 94 valence electrons. The Labute approximate surface area is 107 Å². The lowest BCUT2D eigenvalue weighted by Gasteiger charge is -2.12. The summed E-state index contributed by atoms with van der Waals surface area (Å²) in [6.45, 7) is 4.37. The first kappa shape index (κ1) is 10.6. The second kappa shape index (κ2) is 3.82. The number of imidazole rings is 1. The highest BCUT2D eigenvalue weighted by molar-refractivity contribution is 5.77. The third-order valence-electron chi connectivity index (χ3n) is 4.21. The maximum absolute atomic E-state index is 4.94. The SMILES string of the molecule is Cc1ccc2c(c1)nc(C1CCNC1)n2C1CC1. The lowest BCUT2D eigenvalue weighted by molar-refractivity contribution is 0.622. The van der Waals surface area contributed by atoms with E-state index in [1.807, 2.05) is 0 Å². The van der Waals surface area contributed by atoms with Gasteiger partial charge < -0.3 is 9.88 Å². The van der Waals surface area contributed by atoms with Crippen LogP contribution in [-0.4, -0.2) is 22.6 Å². The Morgan fingerprint density at radius 3 is 2.89 bits per heavy atom. The van der Waals surface area contributed by atoms with Gasteiger partial charge in [-0.3, -0.25) is 0 Å². The van der Waals surface area contributed by atoms with Crippen LogP contribution >= 0.6 is 0 Å². The number of rotatable bonds is 2. The van der Waals surface area contributed by atoms with Crippen molar-refractivity contribution in [2.24, 2.45) is 0 Å². The number of aromatic nitrogens is 2. The lowest BCUT2D eigenvalue weighted by atomic mass is 10.1. The maximum atomic E-state index is 4.94. The zero-order valence-corrected chi connectivity index (χ0v) is 10.8. The molecule has 1 unspecified atom stereocenters. The van der Waals surface area contributed by atoms with Crippen LogP contribution in [0.25, 0.3) is 11.0 Å². The van der Waals surface area contributed by atoms with Crippen molar-refractivity contribution in [3.63, 3.8) is 0 Å². The van der Waals surface area contributed by atoms with Gasteiger partial charge in [0.05, 0.1) is 11.0 Å². The van der Waals surface area contributed by atoms with E-state index in [0.29, 0.717) is 12.0 Å². The Balaban J connectivity index is 1.91. The first-order valence-corrected chi connectivity index (χ1v) is 7.02. The third-order valence-corrected chi connectivity index (χ3v) is 4.21. The Bertz CT molecular complexity index is 589. The van der Waals surface area contributed by atoms with Crippen molar-refractivity contribution < 1.29 is 0 Å². The average Bonchev–Trinajstić information content (AvgIpc) is 2.92. The van der Waals surface area contributed by atoms with E-state index in [9.17, 15) is 0 Å². The number of aryl methyl sites for hydroxylation is 1. The van der Waals surface area contributed by atoms with Crippen LogP contribution in [0, 0.1) is 6.92 Å². The van der Waals surface area contributed by atoms with Crippen LogP contribution < -0.4 is 5.32 Å². The van der Waals surface area contributed by atoms with Crippen LogP contribution in [0.15, 0.2) is 18.2 Å². The van der Waals surface area contributed by atoms with Gasteiger partial charge in [0.15, 0.2) is 0 Å². The van der Waals surface area contributed by atoms with Crippen LogP contribution in [0.3, 0.4) is 0 Å². The third kappa shape index (κ3) is 1.57. The minimum Gasteiger partial charge on any atom is -0.325 e. The first-order chi connectivity index (χ1) is 8.83. The molecule has 2 heterocycles. The Kier molecular flexibility index (Phi) is 2.24. The molecule has 0 radical (unpaired) electrons. The molecular formula is C15H19N3. The summed E-state index contributed by atoms with van der Waals surface area (Å²) in [6, 6.07) is 7.40. The van der Waals surface area contributed by atoms with Crippen LogP contribution in [0.1, 0.15) is 42.6 Å². The molecule has 2 aromatic rings. The largest absolute Gasteiger partial charge is 0.325 e. The number of nitrogens with zero attached hydrogens (tertiary/aromatic N) is 2. The molecule has 3 nitrogen and oxygen atoms in total. The quantitative estimate of drug-likeness (QED) is 0.876. The summed E-state index contributed by atoms with van der Waals surface area (Å²) in [5, 5.41) is 3.46. The fourth-order valence-electron chi connectivity index (χ4n) is 3.11. The number of nitrogens with one attached hydrogen (secondary N) is 1. The maximum Gasteiger partial charge on any atom is 0.114 e. The molecule has 18 heavy (non-hydrogen) atoms. The van der Waals surface area contributed by atoms with Gasteiger partial charge in [-0.1, -0.05) is 6.07 Å². The fourth-order valence-corrected chi connectivity index (χ4v) is 3.11. The van der Waals surface area contributed by atoms with E-state index in [1.54, 1.807) is 0 Å². The predicted octanol–water partition coefficient (Wildman–Crippen LogP) is 2.76. The second-order valence-electron chi connectivity index (χ2n) is 5.75. The molecule has 1 N–H and O–H groups in total. The first-order valence-electron chi connectivity index (χ1n) is 7.02. The van der Waals surface area contributed by atoms with E-state index in [0.717, 1.165) is 13.1 Å². The van der Waals surface area contributed by atoms with E-state index in [-0.39, 0.29) is 0 Å². The molecule has 1 aliphatic heterocycles. The molecule has 2 fully saturated rings. The molecule has 1 aromatic carbocycles. The van der Waals surface area contributed by atoms with Crippen LogP contribution in [0.2, 0.25) is 0 Å². The van der Waals surface area contributed by atoms with E-state index in [1.165, 1.54) is 41.7 Å². The van der Waals surface area contributed by atoms with Gasteiger partial charge in [-0.2, -0.15) is 0 Å². The highest BCUT2D eigenvalue weighted by Crippen LogP contribution is 2.41. The van der Waals surface area contributed by atoms with Gasteiger partial charge in [0.2, 0.25) is 0 Å². The van der Waals surface area contributed by atoms with Gasteiger partial charge in [0.25, 0.3) is 0 Å². The van der Waals surface area contributed by atoms with Gasteiger partial charge in [0.1, 0.15) is 5.82 Å². The summed E-state index contributed by atoms with van der Waals surface area (Å²) in [6.07, 6.45) is 3.88. The molecule has 2 aliphatic rings. The summed E-state index contributed by atoms with van der Waals surface area (Å²) < 4.78 is 2.52. The summed E-state index contributed by atoms with van der Waals surface area (Å²) >= 11 is 0. The molecule has 1 saturated carbocycles. The molecule has 0 bridgehead atoms. The summed E-state index contributed by atoms with van der Waals surface area (Å²) in [7, 11) is 0. The minimum atomic E-state index is 0.610. The van der Waals surface area contributed by atoms with E-state index >= 15 is 0 Å². The second-order valence-corrected chi connectivity index (χ2v) is 5.75. The number of benzene rings is 1. The zero-order valence-electron chi connectivity index (χ0n) is 10.8. The molecule has 3 heteroatoms. The van der Waals surface area contributed by atoms with Crippen molar-refractivity contribution in [3.8, 4) is 0 Å². The van der Waals surface area contributed by atoms with Gasteiger partial charge in [-0.25, -0.2) is 4.98 Å². The zero-order chi connectivity index (χ0) is 12.1. The Hall–Kier alpha value is -1.35. The summed E-state index contributed by atoms with van der Waals surface area (Å²) in [5.74, 6) is 1.93. The summed E-state index contributed by atoms with van der Waals surface area (Å²) in [5.41, 5.74) is 3.83. The Morgan fingerprint density at radius 2 is 2.17 bits per heavy atom. The van der Waals surface area contributed by atoms with E-state index < -0.39 is 0 Å². The fraction of sp³-hybridized carbons (Fsp3) is 0.533. The predicted molar refractivity (Wildman–Crippen MR) is 73.0 cm³/mol. The molecular weight excluding hydrogens is 222 g/mol. The van der Waals surface area contributed by atoms with Crippen LogP contribution in [0.4, 0.5) is 0 Å². The molecule has 4 rings (SSSR count). The molecule has 1 aliphatic carbocycles. The number of hydrogen-bond donors (Lipinski definition) is 1. The van der Waals surface area contributed by atoms with Crippen molar-refractivity contribution in [2.75, 3.05) is 13.1 Å². The molecule has 1 atom stereocenters. The average molecular weight is 241 g/mol. The van der Waals surface area contributed by atoms with Gasteiger partial charge in [0, 0.05) is 18.5 Å². The van der Waals surface area contributed by atoms with Crippen molar-refractivity contribution in [2.45, 2.75) is 38.1 Å². The lowest BCUT2D eigenvalue weighted by Crippen LogP contribution is -2.12. The highest BCUT2D eigenvalue weighted by Gasteiger charge is 2.31. The summed E-state index contributed by atoms with van der Waals surface area (Å²) in [4.78, 5) is 4.94. The molecule has 1 saturated heterocycles. The minimum absolute atomic E-state index is 0.610. The normalized spacial score (nSPS) is 23.9. The van der Waals surface area contributed by atoms with E-state index in [4.69, 9.17) is 4.98 Å². The van der Waals surface area contributed by atoms with Crippen molar-refractivity contribution in [1.82, 2.24) is 14.9 Å². The number of hydrogen-bond acceptors (Lipinski definition) is 2. The van der Waals surface area contributed by atoms with Gasteiger partial charge >= 0.3 is 0 Å². The molecule has 1 aromatic heterocycles. The van der Waals surface area contributed by atoms with Gasteiger partial charge in [-0.05, 0) is 50.4 Å². The molecule has 0 amide bonds. The van der Waals surface area contributed by atoms with Crippen molar-refractivity contribution in [3.05, 3.63) is 29.6 Å². The standard InChI is InChI=1S/C15H19N3/c1-10-2-5-14-13(8-10)17-15(11-6-7-16-9-11)18(14)12-3-4-12/h2,5,8,11-12,16H,3-4,6-7,9H2,1H3. The van der Waals surface area contributed by atoms with Crippen LogP contribution in [-0.2, 0) is 0 Å².